The Morgan fingerprint density at radius 2 is 1.81 bits per heavy atom. The summed E-state index contributed by atoms with van der Waals surface area (Å²) in [6.45, 7) is 2.42. The van der Waals surface area contributed by atoms with Crippen molar-refractivity contribution in [2.45, 2.75) is 6.54 Å². The maximum Gasteiger partial charge on any atom is 0.194 e. The lowest BCUT2D eigenvalue weighted by atomic mass is 10.1. The maximum absolute atomic E-state index is 4.39. The van der Waals surface area contributed by atoms with Gasteiger partial charge >= 0.3 is 0 Å². The van der Waals surface area contributed by atoms with Gasteiger partial charge in [-0.25, -0.2) is 9.97 Å². The van der Waals surface area contributed by atoms with Crippen molar-refractivity contribution < 1.29 is 0 Å². The molecule has 0 fully saturated rings. The van der Waals surface area contributed by atoms with Crippen LogP contribution in [-0.4, -0.2) is 41.0 Å². The zero-order valence-corrected chi connectivity index (χ0v) is 14.2. The topological polar surface area (TPSA) is 53.4 Å². The fraction of sp³-hybridized carbons (Fsp3) is 0.267. The van der Waals surface area contributed by atoms with Gasteiger partial charge in [0.1, 0.15) is 5.82 Å². The van der Waals surface area contributed by atoms with E-state index in [0.717, 1.165) is 36.0 Å². The standard InChI is InChI=1S/C15H17N5.HI/c1-20-8-7-16-15(20)19-11-14-17-9-13(10-18-14)12-5-3-2-4-6-12;/h2-6,9-10H,7-8,11H2,1H3,(H,16,19);1H. The highest BCUT2D eigenvalue weighted by Crippen LogP contribution is 2.16. The zero-order chi connectivity index (χ0) is 13.8. The van der Waals surface area contributed by atoms with E-state index < -0.39 is 0 Å². The van der Waals surface area contributed by atoms with Gasteiger partial charge in [-0.2, -0.15) is 0 Å². The summed E-state index contributed by atoms with van der Waals surface area (Å²) in [5, 5.41) is 3.26. The van der Waals surface area contributed by atoms with Gasteiger partial charge in [0.25, 0.3) is 0 Å². The summed E-state index contributed by atoms with van der Waals surface area (Å²) in [4.78, 5) is 15.3. The number of aromatic nitrogens is 2. The van der Waals surface area contributed by atoms with E-state index in [1.165, 1.54) is 0 Å². The molecular formula is C15H18IN5. The van der Waals surface area contributed by atoms with E-state index in [9.17, 15) is 0 Å². The second kappa shape index (κ2) is 7.35. The molecule has 0 amide bonds. The van der Waals surface area contributed by atoms with E-state index >= 15 is 0 Å². The molecule has 1 aliphatic rings. The normalized spacial score (nSPS) is 13.6. The average molecular weight is 395 g/mol. The molecular weight excluding hydrogens is 377 g/mol. The molecule has 0 spiro atoms. The summed E-state index contributed by atoms with van der Waals surface area (Å²) in [6.07, 6.45) is 3.72. The summed E-state index contributed by atoms with van der Waals surface area (Å²) < 4.78 is 0. The highest BCUT2D eigenvalue weighted by Gasteiger charge is 2.11. The first kappa shape index (κ1) is 15.7. The molecule has 1 aromatic heterocycles. The van der Waals surface area contributed by atoms with Crippen molar-refractivity contribution in [3.8, 4) is 11.1 Å². The number of aliphatic imine (C=N–C) groups is 1. The molecule has 0 atom stereocenters. The van der Waals surface area contributed by atoms with E-state index in [1.54, 1.807) is 0 Å². The van der Waals surface area contributed by atoms with E-state index in [1.807, 2.05) is 37.6 Å². The quantitative estimate of drug-likeness (QED) is 0.810. The smallest absolute Gasteiger partial charge is 0.194 e. The van der Waals surface area contributed by atoms with Crippen LogP contribution in [0, 0.1) is 0 Å². The average Bonchev–Trinajstić information content (AvgIpc) is 2.92. The van der Waals surface area contributed by atoms with Crippen LogP contribution in [0.4, 0.5) is 0 Å². The first-order chi connectivity index (χ1) is 9.83. The van der Waals surface area contributed by atoms with Crippen molar-refractivity contribution in [1.29, 1.82) is 0 Å². The van der Waals surface area contributed by atoms with Crippen LogP contribution >= 0.6 is 24.0 Å². The van der Waals surface area contributed by atoms with Crippen LogP contribution in [0.2, 0.25) is 0 Å². The Morgan fingerprint density at radius 1 is 1.10 bits per heavy atom. The molecule has 0 unspecified atom stereocenters. The second-order valence-corrected chi connectivity index (χ2v) is 4.73. The number of rotatable bonds is 3. The molecule has 0 aliphatic carbocycles. The van der Waals surface area contributed by atoms with Gasteiger partial charge in [-0.1, -0.05) is 30.3 Å². The monoisotopic (exact) mass is 395 g/mol. The van der Waals surface area contributed by atoms with Crippen LogP contribution in [0.25, 0.3) is 11.1 Å². The van der Waals surface area contributed by atoms with Crippen molar-refractivity contribution in [2.24, 2.45) is 4.99 Å². The van der Waals surface area contributed by atoms with Crippen LogP contribution in [-0.2, 0) is 6.54 Å². The van der Waals surface area contributed by atoms with Crippen LogP contribution in [0.15, 0.2) is 47.7 Å². The second-order valence-electron chi connectivity index (χ2n) is 4.73. The Morgan fingerprint density at radius 3 is 2.43 bits per heavy atom. The van der Waals surface area contributed by atoms with Gasteiger partial charge in [0.2, 0.25) is 0 Å². The van der Waals surface area contributed by atoms with Crippen LogP contribution in [0.3, 0.4) is 0 Å². The minimum atomic E-state index is 0. The first-order valence-corrected chi connectivity index (χ1v) is 6.69. The van der Waals surface area contributed by atoms with Gasteiger partial charge in [0.15, 0.2) is 5.96 Å². The number of hydrogen-bond acceptors (Lipinski definition) is 5. The number of nitrogens with zero attached hydrogens (tertiary/aromatic N) is 4. The summed E-state index contributed by atoms with van der Waals surface area (Å²) in [6, 6.07) is 10.1. The Bertz CT molecular complexity index is 597. The number of hydrogen-bond donors (Lipinski definition) is 1. The highest BCUT2D eigenvalue weighted by atomic mass is 127. The van der Waals surface area contributed by atoms with E-state index in [2.05, 4.69) is 37.3 Å². The largest absolute Gasteiger partial charge is 0.349 e. The molecule has 1 N–H and O–H groups in total. The minimum Gasteiger partial charge on any atom is -0.349 e. The van der Waals surface area contributed by atoms with Gasteiger partial charge in [-0.3, -0.25) is 4.99 Å². The van der Waals surface area contributed by atoms with E-state index in [-0.39, 0.29) is 24.0 Å². The molecule has 0 radical (unpaired) electrons. The predicted molar refractivity (Wildman–Crippen MR) is 94.7 cm³/mol. The number of halogens is 1. The maximum atomic E-state index is 4.39. The van der Waals surface area contributed by atoms with Crippen molar-refractivity contribution >= 4 is 29.9 Å². The Kier molecular flexibility index (Phi) is 5.49. The lowest BCUT2D eigenvalue weighted by Crippen LogP contribution is -2.35. The summed E-state index contributed by atoms with van der Waals surface area (Å²) in [7, 11) is 2.03. The number of benzene rings is 1. The third kappa shape index (κ3) is 3.90. The fourth-order valence-corrected chi connectivity index (χ4v) is 2.11. The number of likely N-dealkylation sites (N-methyl/N-ethyl adjacent to an activating group) is 1. The zero-order valence-electron chi connectivity index (χ0n) is 11.9. The third-order valence-electron chi connectivity index (χ3n) is 3.28. The highest BCUT2D eigenvalue weighted by molar-refractivity contribution is 14.0. The van der Waals surface area contributed by atoms with Gasteiger partial charge in [-0.05, 0) is 5.56 Å². The predicted octanol–water partition coefficient (Wildman–Crippen LogP) is 2.15. The first-order valence-electron chi connectivity index (χ1n) is 6.69. The van der Waals surface area contributed by atoms with Gasteiger partial charge < -0.3 is 10.2 Å². The molecule has 0 saturated carbocycles. The van der Waals surface area contributed by atoms with Crippen molar-refractivity contribution in [2.75, 3.05) is 20.1 Å². The Hall–Kier alpha value is -1.70. The Balaban J connectivity index is 0.00000161. The molecule has 3 rings (SSSR count). The fourth-order valence-electron chi connectivity index (χ4n) is 2.11. The van der Waals surface area contributed by atoms with Crippen molar-refractivity contribution in [3.05, 3.63) is 48.5 Å². The van der Waals surface area contributed by atoms with Crippen LogP contribution in [0.5, 0.6) is 0 Å². The SMILES string of the molecule is CN1CCN=C1NCc1ncc(-c2ccccc2)cn1.I. The molecule has 1 aliphatic heterocycles. The van der Waals surface area contributed by atoms with Crippen molar-refractivity contribution in [1.82, 2.24) is 20.2 Å². The number of guanidine groups is 1. The van der Waals surface area contributed by atoms with Gasteiger partial charge in [-0.15, -0.1) is 24.0 Å². The molecule has 21 heavy (non-hydrogen) atoms. The minimum absolute atomic E-state index is 0. The summed E-state index contributed by atoms with van der Waals surface area (Å²) in [5.74, 6) is 1.69. The lowest BCUT2D eigenvalue weighted by Gasteiger charge is -2.14. The van der Waals surface area contributed by atoms with Crippen molar-refractivity contribution in [3.63, 3.8) is 0 Å². The molecule has 2 aromatic rings. The molecule has 0 bridgehead atoms. The van der Waals surface area contributed by atoms with Crippen LogP contribution < -0.4 is 5.32 Å². The Labute approximate surface area is 141 Å². The van der Waals surface area contributed by atoms with E-state index in [4.69, 9.17) is 0 Å². The third-order valence-corrected chi connectivity index (χ3v) is 3.28. The van der Waals surface area contributed by atoms with Crippen LogP contribution in [0.1, 0.15) is 5.82 Å². The summed E-state index contributed by atoms with van der Waals surface area (Å²) >= 11 is 0. The summed E-state index contributed by atoms with van der Waals surface area (Å²) in [5.41, 5.74) is 2.16. The van der Waals surface area contributed by atoms with Gasteiger partial charge in [0.05, 0.1) is 13.1 Å². The molecule has 5 nitrogen and oxygen atoms in total. The molecule has 6 heteroatoms. The molecule has 2 heterocycles. The van der Waals surface area contributed by atoms with E-state index in [0.29, 0.717) is 6.54 Å². The van der Waals surface area contributed by atoms with Gasteiger partial charge in [0, 0.05) is 31.5 Å². The molecule has 110 valence electrons. The number of nitrogens with one attached hydrogen (secondary N) is 1. The lowest BCUT2D eigenvalue weighted by molar-refractivity contribution is 0.532. The molecule has 1 aromatic carbocycles. The molecule has 0 saturated heterocycles.